The molecule has 1 N–H and O–H groups in total. The van der Waals surface area contributed by atoms with E-state index in [1.54, 1.807) is 12.1 Å². The van der Waals surface area contributed by atoms with Crippen LogP contribution in [-0.4, -0.2) is 33.6 Å². The number of carbonyl (C=O) groups is 1. The smallest absolute Gasteiger partial charge is 0.333 e. The Kier molecular flexibility index (Phi) is 7.42. The molecule has 0 bridgehead atoms. The molecule has 0 atom stereocenters. The van der Waals surface area contributed by atoms with E-state index in [1.807, 2.05) is 29.2 Å². The second kappa shape index (κ2) is 10.8. The van der Waals surface area contributed by atoms with Gasteiger partial charge in [0.2, 0.25) is 5.95 Å². The number of nitrogens with one attached hydrogen (secondary N) is 1. The molecule has 1 amide bonds. The van der Waals surface area contributed by atoms with Gasteiger partial charge in [-0.1, -0.05) is 35.9 Å². The molecule has 202 valence electrons. The molecule has 5 rings (SSSR count). The van der Waals surface area contributed by atoms with Crippen molar-refractivity contribution in [3.8, 4) is 0 Å². The fraction of sp³-hybridized carbons (Fsp3) is 0.214. The van der Waals surface area contributed by atoms with E-state index in [2.05, 4.69) is 10.3 Å². The zero-order valence-corrected chi connectivity index (χ0v) is 21.2. The first-order chi connectivity index (χ1) is 18.6. The third kappa shape index (κ3) is 5.81. The molecule has 5 nitrogen and oxygen atoms in total. The van der Waals surface area contributed by atoms with Crippen LogP contribution in [0.3, 0.4) is 0 Å². The van der Waals surface area contributed by atoms with Crippen molar-refractivity contribution in [1.82, 2.24) is 19.8 Å². The van der Waals surface area contributed by atoms with E-state index in [1.165, 1.54) is 12.3 Å². The highest BCUT2D eigenvalue weighted by Gasteiger charge is 2.35. The van der Waals surface area contributed by atoms with Gasteiger partial charge in [0.25, 0.3) is 0 Å². The Morgan fingerprint density at radius 3 is 2.59 bits per heavy atom. The first kappa shape index (κ1) is 26.8. The van der Waals surface area contributed by atoms with E-state index in [0.717, 1.165) is 22.3 Å². The number of fused-ring (bicyclic) bond motifs is 3. The average molecular weight is 561 g/mol. The van der Waals surface area contributed by atoms with Gasteiger partial charge >= 0.3 is 12.2 Å². The van der Waals surface area contributed by atoms with Gasteiger partial charge < -0.3 is 5.32 Å². The van der Waals surface area contributed by atoms with Crippen LogP contribution < -0.4 is 5.32 Å². The summed E-state index contributed by atoms with van der Waals surface area (Å²) in [7, 11) is 0. The number of pyridine rings is 1. The van der Waals surface area contributed by atoms with Crippen LogP contribution in [0, 0.1) is 11.8 Å². The number of hydrogen-bond donors (Lipinski definition) is 1. The first-order valence-electron chi connectivity index (χ1n) is 12.1. The summed E-state index contributed by atoms with van der Waals surface area (Å²) in [4.78, 5) is 18.7. The Bertz CT molecular complexity index is 1560. The number of aromatic nitrogens is 2. The van der Waals surface area contributed by atoms with Crippen molar-refractivity contribution in [1.29, 1.82) is 0 Å². The summed E-state index contributed by atoms with van der Waals surface area (Å²) >= 11 is 5.92. The molecule has 0 fully saturated rings. The molecule has 2 aromatic heterocycles. The molecule has 4 aromatic rings. The maximum atomic E-state index is 15.2. The van der Waals surface area contributed by atoms with Gasteiger partial charge in [0.1, 0.15) is 5.82 Å². The Hall–Kier alpha value is -3.76. The molecule has 0 spiro atoms. The van der Waals surface area contributed by atoms with E-state index < -0.39 is 29.5 Å². The number of rotatable bonds is 5. The van der Waals surface area contributed by atoms with Crippen molar-refractivity contribution in [2.75, 3.05) is 13.1 Å². The number of carbonyl (C=O) groups excluding carboxylic acids is 1. The monoisotopic (exact) mass is 560 g/mol. The first-order valence-corrected chi connectivity index (χ1v) is 12.4. The number of benzene rings is 2. The van der Waals surface area contributed by atoms with E-state index in [9.17, 15) is 22.4 Å². The summed E-state index contributed by atoms with van der Waals surface area (Å²) in [5, 5.41) is 3.21. The molecule has 3 heterocycles. The van der Waals surface area contributed by atoms with Gasteiger partial charge in [0.05, 0.1) is 11.1 Å². The zero-order valence-electron chi connectivity index (χ0n) is 20.4. The Balaban J connectivity index is 1.47. The minimum atomic E-state index is -4.80. The third-order valence-electron chi connectivity index (χ3n) is 6.59. The minimum absolute atomic E-state index is 0.0190. The molecule has 0 aliphatic carbocycles. The largest absolute Gasteiger partial charge is 0.416 e. The van der Waals surface area contributed by atoms with Gasteiger partial charge in [-0.2, -0.15) is 17.6 Å². The fourth-order valence-corrected chi connectivity index (χ4v) is 4.89. The van der Waals surface area contributed by atoms with Crippen molar-refractivity contribution in [2.24, 2.45) is 0 Å². The van der Waals surface area contributed by atoms with Crippen LogP contribution in [0.15, 0.2) is 60.8 Å². The minimum Gasteiger partial charge on any atom is -0.333 e. The Morgan fingerprint density at radius 2 is 1.87 bits per heavy atom. The quantitative estimate of drug-likeness (QED) is 0.215. The molecule has 0 saturated heterocycles. The molecule has 11 heteroatoms. The van der Waals surface area contributed by atoms with Crippen molar-refractivity contribution in [2.45, 2.75) is 25.7 Å². The topological polar surface area (TPSA) is 50.2 Å². The second-order valence-corrected chi connectivity index (χ2v) is 9.63. The number of amides is 1. The third-order valence-corrected chi connectivity index (χ3v) is 6.84. The van der Waals surface area contributed by atoms with Crippen LogP contribution >= 0.6 is 11.6 Å². The summed E-state index contributed by atoms with van der Waals surface area (Å²) in [6.45, 7) is 1.17. The molecular weight excluding hydrogens is 539 g/mol. The summed E-state index contributed by atoms with van der Waals surface area (Å²) in [6.07, 6.45) is 0.614. The van der Waals surface area contributed by atoms with E-state index in [4.69, 9.17) is 11.6 Å². The van der Waals surface area contributed by atoms with Crippen molar-refractivity contribution >= 4 is 34.6 Å². The van der Waals surface area contributed by atoms with E-state index in [0.29, 0.717) is 47.4 Å². The van der Waals surface area contributed by atoms with Gasteiger partial charge in [0.15, 0.2) is 0 Å². The maximum absolute atomic E-state index is 15.2. The molecule has 0 unspecified atom stereocenters. The lowest BCUT2D eigenvalue weighted by atomic mass is 10.0. The van der Waals surface area contributed by atoms with E-state index in [-0.39, 0.29) is 24.0 Å². The zero-order chi connectivity index (χ0) is 27.7. The van der Waals surface area contributed by atoms with Crippen LogP contribution in [0.25, 0.3) is 17.0 Å². The molecule has 0 saturated carbocycles. The Labute approximate surface area is 225 Å². The molecule has 2 aromatic carbocycles. The normalized spacial score (nSPS) is 14.2. The van der Waals surface area contributed by atoms with Crippen molar-refractivity contribution in [3.63, 3.8) is 0 Å². The molecule has 39 heavy (non-hydrogen) atoms. The lowest BCUT2D eigenvalue weighted by Crippen LogP contribution is -2.34. The van der Waals surface area contributed by atoms with Gasteiger partial charge in [-0.3, -0.25) is 9.47 Å². The van der Waals surface area contributed by atoms with Crippen molar-refractivity contribution < 1.29 is 26.7 Å². The highest BCUT2D eigenvalue weighted by Crippen LogP contribution is 2.38. The highest BCUT2D eigenvalue weighted by molar-refractivity contribution is 6.30. The standard InChI is InChI=1S/C28H22ClF5N4O/c29-20-5-3-17(4-6-20)2-1-10-37-11-8-23-21(16-37)26-22(30)13-19(28(32,33)34)14-24(26)38(23)27(39)36-15-18-7-9-35-25(31)12-18/h1-7,9,12-14H,8,10-11,15-16H2,(H,36,39)/b2-1+. The van der Waals surface area contributed by atoms with Crippen molar-refractivity contribution in [3.05, 3.63) is 106 Å². The van der Waals surface area contributed by atoms with Gasteiger partial charge in [0, 0.05) is 54.9 Å². The maximum Gasteiger partial charge on any atom is 0.416 e. The number of alkyl halides is 3. The second-order valence-electron chi connectivity index (χ2n) is 9.20. The van der Waals surface area contributed by atoms with Crippen LogP contribution in [-0.2, 0) is 25.7 Å². The predicted molar refractivity (Wildman–Crippen MR) is 138 cm³/mol. The summed E-state index contributed by atoms with van der Waals surface area (Å²) < 4.78 is 70.4. The Morgan fingerprint density at radius 1 is 1.10 bits per heavy atom. The lowest BCUT2D eigenvalue weighted by molar-refractivity contribution is -0.137. The molecular formula is C28H22ClF5N4O. The highest BCUT2D eigenvalue weighted by atomic mass is 35.5. The summed E-state index contributed by atoms with van der Waals surface area (Å²) in [6, 6.07) is 10.5. The summed E-state index contributed by atoms with van der Waals surface area (Å²) in [5.74, 6) is -1.77. The number of halogens is 6. The molecule has 0 radical (unpaired) electrons. The molecule has 1 aliphatic rings. The van der Waals surface area contributed by atoms with Crippen LogP contribution in [0.1, 0.15) is 27.9 Å². The number of hydrogen-bond acceptors (Lipinski definition) is 3. The average Bonchev–Trinajstić information content (AvgIpc) is 3.22. The predicted octanol–water partition coefficient (Wildman–Crippen LogP) is 6.82. The molecule has 1 aliphatic heterocycles. The SMILES string of the molecule is O=C(NCc1ccnc(F)c1)n1c2c(c3c(F)cc(C(F)(F)F)cc31)CN(C/C=C/c1ccc(Cl)cc1)CC2. The van der Waals surface area contributed by atoms with Gasteiger partial charge in [-0.15, -0.1) is 0 Å². The number of nitrogens with zero attached hydrogens (tertiary/aromatic N) is 3. The summed E-state index contributed by atoms with van der Waals surface area (Å²) in [5.41, 5.74) is 0.929. The fourth-order valence-electron chi connectivity index (χ4n) is 4.76. The van der Waals surface area contributed by atoms with Crippen LogP contribution in [0.5, 0.6) is 0 Å². The lowest BCUT2D eigenvalue weighted by Gasteiger charge is -2.27. The van der Waals surface area contributed by atoms with Gasteiger partial charge in [-0.25, -0.2) is 14.2 Å². The van der Waals surface area contributed by atoms with E-state index >= 15 is 4.39 Å². The van der Waals surface area contributed by atoms with Crippen LogP contribution in [0.4, 0.5) is 26.7 Å². The van der Waals surface area contributed by atoms with Gasteiger partial charge in [-0.05, 0) is 53.1 Å². The van der Waals surface area contributed by atoms with Crippen LogP contribution in [0.2, 0.25) is 5.02 Å².